The fourth-order valence-electron chi connectivity index (χ4n) is 2.36. The standard InChI is InChI=1S/C14H14N4O4S2/c19-8-6-22-12(10(21)9(8)20)24-14-16-15-13-18(14)17-11(23-13)7-4-2-1-3-5-7/h1-5,8-10,12,19-21H,6H2/t8-,9-,10+,12-/m0/s1. The van der Waals surface area contributed by atoms with Crippen LogP contribution in [0.2, 0.25) is 0 Å². The molecule has 1 aliphatic rings. The molecule has 0 saturated carbocycles. The summed E-state index contributed by atoms with van der Waals surface area (Å²) in [5.74, 6) is 0. The zero-order valence-electron chi connectivity index (χ0n) is 12.3. The summed E-state index contributed by atoms with van der Waals surface area (Å²) in [6.45, 7) is -0.0514. The maximum atomic E-state index is 10.0. The minimum Gasteiger partial charge on any atom is -0.388 e. The minimum atomic E-state index is -1.25. The molecule has 3 aromatic rings. The van der Waals surface area contributed by atoms with E-state index in [1.165, 1.54) is 11.3 Å². The van der Waals surface area contributed by atoms with Gasteiger partial charge in [0.05, 0.1) is 6.61 Å². The van der Waals surface area contributed by atoms with E-state index in [0.717, 1.165) is 22.3 Å². The van der Waals surface area contributed by atoms with Gasteiger partial charge < -0.3 is 20.1 Å². The number of aromatic nitrogens is 4. The lowest BCUT2D eigenvalue weighted by Gasteiger charge is -2.34. The first-order chi connectivity index (χ1) is 11.6. The summed E-state index contributed by atoms with van der Waals surface area (Å²) >= 11 is 2.52. The van der Waals surface area contributed by atoms with Crippen molar-refractivity contribution in [2.75, 3.05) is 6.61 Å². The smallest absolute Gasteiger partial charge is 0.235 e. The Morgan fingerprint density at radius 1 is 1.12 bits per heavy atom. The topological polar surface area (TPSA) is 113 Å². The fourth-order valence-corrected chi connectivity index (χ4v) is 4.23. The van der Waals surface area contributed by atoms with E-state index in [0.29, 0.717) is 10.1 Å². The first kappa shape index (κ1) is 15.9. The molecular formula is C14H14N4O4S2. The molecule has 10 heteroatoms. The van der Waals surface area contributed by atoms with E-state index in [2.05, 4.69) is 15.3 Å². The molecule has 3 heterocycles. The minimum absolute atomic E-state index is 0.0514. The zero-order chi connectivity index (χ0) is 16.7. The third-order valence-electron chi connectivity index (χ3n) is 3.66. The van der Waals surface area contributed by atoms with Gasteiger partial charge >= 0.3 is 0 Å². The average Bonchev–Trinajstić information content (AvgIpc) is 3.18. The van der Waals surface area contributed by atoms with E-state index < -0.39 is 23.7 Å². The molecule has 3 N–H and O–H groups in total. The molecule has 4 atom stereocenters. The van der Waals surface area contributed by atoms with Gasteiger partial charge in [-0.05, 0) is 11.8 Å². The summed E-state index contributed by atoms with van der Waals surface area (Å²) in [4.78, 5) is 0.627. The van der Waals surface area contributed by atoms with Crippen LogP contribution in [0.25, 0.3) is 15.5 Å². The van der Waals surface area contributed by atoms with Gasteiger partial charge in [0.2, 0.25) is 10.1 Å². The SMILES string of the molecule is O[C@@H]1[C@@H](O)[C@H](Sc2nnc3sc(-c4ccccc4)nn23)OC[C@@H]1O. The van der Waals surface area contributed by atoms with Gasteiger partial charge in [-0.2, -0.15) is 9.61 Å². The molecule has 0 unspecified atom stereocenters. The maximum Gasteiger partial charge on any atom is 0.235 e. The molecule has 0 aliphatic carbocycles. The van der Waals surface area contributed by atoms with Crippen LogP contribution in [0.4, 0.5) is 0 Å². The van der Waals surface area contributed by atoms with Gasteiger partial charge in [0, 0.05) is 5.56 Å². The molecule has 0 bridgehead atoms. The Morgan fingerprint density at radius 3 is 2.71 bits per heavy atom. The number of nitrogens with zero attached hydrogens (tertiary/aromatic N) is 4. The molecule has 126 valence electrons. The molecule has 4 rings (SSSR count). The normalized spacial score (nSPS) is 27.6. The van der Waals surface area contributed by atoms with Gasteiger partial charge in [0.15, 0.2) is 0 Å². The third-order valence-corrected chi connectivity index (χ3v) is 5.72. The number of aliphatic hydroxyl groups is 3. The molecule has 0 spiro atoms. The van der Waals surface area contributed by atoms with Crippen molar-refractivity contribution < 1.29 is 20.1 Å². The predicted octanol–water partition coefficient (Wildman–Crippen LogP) is 0.384. The fraction of sp³-hybridized carbons (Fsp3) is 0.357. The Kier molecular flexibility index (Phi) is 4.24. The van der Waals surface area contributed by atoms with Crippen LogP contribution in [0.3, 0.4) is 0 Å². The number of fused-ring (bicyclic) bond motifs is 1. The summed E-state index contributed by atoms with van der Waals surface area (Å²) in [5.41, 5.74) is 0.231. The van der Waals surface area contributed by atoms with Crippen molar-refractivity contribution in [3.63, 3.8) is 0 Å². The molecule has 2 aromatic heterocycles. The number of ether oxygens (including phenoxy) is 1. The highest BCUT2D eigenvalue weighted by molar-refractivity contribution is 7.99. The monoisotopic (exact) mass is 366 g/mol. The van der Waals surface area contributed by atoms with Crippen molar-refractivity contribution in [2.45, 2.75) is 28.9 Å². The summed E-state index contributed by atoms with van der Waals surface area (Å²) in [6.07, 6.45) is -3.58. The summed E-state index contributed by atoms with van der Waals surface area (Å²) < 4.78 is 6.97. The van der Waals surface area contributed by atoms with Crippen molar-refractivity contribution in [3.05, 3.63) is 30.3 Å². The summed E-state index contributed by atoms with van der Waals surface area (Å²) in [6, 6.07) is 9.74. The molecule has 1 aromatic carbocycles. The maximum absolute atomic E-state index is 10.0. The molecule has 1 fully saturated rings. The van der Waals surface area contributed by atoms with Crippen LogP contribution in [-0.2, 0) is 4.74 Å². The van der Waals surface area contributed by atoms with E-state index in [4.69, 9.17) is 4.74 Å². The van der Waals surface area contributed by atoms with E-state index in [1.807, 2.05) is 30.3 Å². The lowest BCUT2D eigenvalue weighted by molar-refractivity contribution is -0.161. The zero-order valence-corrected chi connectivity index (χ0v) is 13.9. The first-order valence-electron chi connectivity index (χ1n) is 7.23. The number of hydrogen-bond donors (Lipinski definition) is 3. The predicted molar refractivity (Wildman–Crippen MR) is 87.7 cm³/mol. The lowest BCUT2D eigenvalue weighted by atomic mass is 10.1. The van der Waals surface area contributed by atoms with Crippen LogP contribution in [0.15, 0.2) is 35.5 Å². The Hall–Kier alpha value is -1.56. The number of hydrogen-bond acceptors (Lipinski definition) is 9. The van der Waals surface area contributed by atoms with Gasteiger partial charge in [-0.25, -0.2) is 0 Å². The Bertz CT molecular complexity index is 840. The molecule has 8 nitrogen and oxygen atoms in total. The van der Waals surface area contributed by atoms with E-state index in [9.17, 15) is 15.3 Å². The largest absolute Gasteiger partial charge is 0.388 e. The lowest BCUT2D eigenvalue weighted by Crippen LogP contribution is -2.51. The van der Waals surface area contributed by atoms with Gasteiger partial charge in [-0.1, -0.05) is 41.7 Å². The second kappa shape index (κ2) is 6.39. The van der Waals surface area contributed by atoms with Crippen molar-refractivity contribution in [1.29, 1.82) is 0 Å². The quantitative estimate of drug-likeness (QED) is 0.610. The van der Waals surface area contributed by atoms with Gasteiger partial charge in [0.1, 0.15) is 28.8 Å². The number of aliphatic hydroxyl groups excluding tert-OH is 3. The average molecular weight is 366 g/mol. The number of benzene rings is 1. The Morgan fingerprint density at radius 2 is 1.92 bits per heavy atom. The molecule has 0 amide bonds. The highest BCUT2D eigenvalue weighted by atomic mass is 32.2. The molecule has 0 radical (unpaired) electrons. The van der Waals surface area contributed by atoms with Crippen LogP contribution in [0, 0.1) is 0 Å². The van der Waals surface area contributed by atoms with Gasteiger partial charge in [-0.3, -0.25) is 0 Å². The molecule has 1 saturated heterocycles. The number of rotatable bonds is 3. The molecule has 1 aliphatic heterocycles. The van der Waals surface area contributed by atoms with Crippen molar-refractivity contribution in [2.24, 2.45) is 0 Å². The van der Waals surface area contributed by atoms with Crippen LogP contribution in [0.5, 0.6) is 0 Å². The highest BCUT2D eigenvalue weighted by Crippen LogP contribution is 2.32. The van der Waals surface area contributed by atoms with Gasteiger partial charge in [0.25, 0.3) is 0 Å². The van der Waals surface area contributed by atoms with Crippen LogP contribution in [0.1, 0.15) is 0 Å². The summed E-state index contributed by atoms with van der Waals surface area (Å²) in [5, 5.41) is 43.2. The van der Waals surface area contributed by atoms with Gasteiger partial charge in [-0.15, -0.1) is 10.2 Å². The van der Waals surface area contributed by atoms with E-state index >= 15 is 0 Å². The Labute approximate surface area is 144 Å². The van der Waals surface area contributed by atoms with Crippen LogP contribution < -0.4 is 0 Å². The second-order valence-electron chi connectivity index (χ2n) is 5.32. The molecule has 24 heavy (non-hydrogen) atoms. The van der Waals surface area contributed by atoms with Crippen LogP contribution >= 0.6 is 23.1 Å². The van der Waals surface area contributed by atoms with E-state index in [-0.39, 0.29) is 6.61 Å². The number of thioether (sulfide) groups is 1. The first-order valence-corrected chi connectivity index (χ1v) is 8.93. The van der Waals surface area contributed by atoms with Crippen molar-refractivity contribution in [3.8, 4) is 10.6 Å². The highest BCUT2D eigenvalue weighted by Gasteiger charge is 2.39. The third kappa shape index (κ3) is 2.81. The second-order valence-corrected chi connectivity index (χ2v) is 7.34. The van der Waals surface area contributed by atoms with Crippen molar-refractivity contribution in [1.82, 2.24) is 19.8 Å². The van der Waals surface area contributed by atoms with Crippen molar-refractivity contribution >= 4 is 28.1 Å². The van der Waals surface area contributed by atoms with E-state index in [1.54, 1.807) is 4.52 Å². The summed E-state index contributed by atoms with van der Waals surface area (Å²) in [7, 11) is 0. The molecular weight excluding hydrogens is 352 g/mol. The van der Waals surface area contributed by atoms with Crippen LogP contribution in [-0.4, -0.2) is 65.5 Å². The Balaban J connectivity index is 1.60.